The summed E-state index contributed by atoms with van der Waals surface area (Å²) in [5.41, 5.74) is 30.8. The van der Waals surface area contributed by atoms with Crippen molar-refractivity contribution < 1.29 is 0 Å². The summed E-state index contributed by atoms with van der Waals surface area (Å²) in [7, 11) is 0. The van der Waals surface area contributed by atoms with Crippen LogP contribution in [0.5, 0.6) is 0 Å². The summed E-state index contributed by atoms with van der Waals surface area (Å²) in [6.45, 7) is 34.1. The Kier molecular flexibility index (Phi) is 13.0. The van der Waals surface area contributed by atoms with Crippen molar-refractivity contribution in [2.24, 2.45) is 0 Å². The van der Waals surface area contributed by atoms with Crippen LogP contribution in [0.4, 0.5) is 51.2 Å². The van der Waals surface area contributed by atoms with Crippen molar-refractivity contribution in [1.82, 2.24) is 0 Å². The molecule has 0 radical (unpaired) electrons. The van der Waals surface area contributed by atoms with Crippen LogP contribution in [0.2, 0.25) is 0 Å². The monoisotopic (exact) mass is 1210 g/mol. The van der Waals surface area contributed by atoms with Crippen molar-refractivity contribution in [2.45, 2.75) is 193 Å². The molecule has 0 N–H and O–H groups in total. The number of para-hydroxylation sites is 1. The molecule has 1 spiro atoms. The second-order valence-electron chi connectivity index (χ2n) is 32.9. The molecule has 0 saturated heterocycles. The zero-order valence-corrected chi connectivity index (χ0v) is 57.3. The SMILES string of the molecule is CC(C)(C)c1ccc(N(c2ccc3c(c2)N(c2ccc4c(c2)C(C)(C)CCC4(C)C)c2cc(C(C)(C)C)cc4c2B3c2sc3cc5c(cc3c2N4c2ccc3c(c2)C2(CCCCC2)c2ccccc2-3)C(C)(C)CCC5(C)C)c2ccccc2-c2ccccc2)cc1. The lowest BCUT2D eigenvalue weighted by atomic mass is 9.36. The fourth-order valence-electron chi connectivity index (χ4n) is 17.7. The minimum Gasteiger partial charge on any atom is -0.311 e. The number of hydrogen-bond donors (Lipinski definition) is 0. The molecule has 3 nitrogen and oxygen atoms in total. The van der Waals surface area contributed by atoms with Crippen LogP contribution in [0.15, 0.2) is 182 Å². The second kappa shape index (κ2) is 20.2. The van der Waals surface area contributed by atoms with Crippen molar-refractivity contribution in [3.63, 3.8) is 0 Å². The van der Waals surface area contributed by atoms with Gasteiger partial charge in [0.15, 0.2) is 0 Å². The molecule has 9 aromatic carbocycles. The highest BCUT2D eigenvalue weighted by Gasteiger charge is 2.50. The van der Waals surface area contributed by atoms with E-state index in [1.54, 1.807) is 0 Å². The molecule has 10 aromatic rings. The Labute approximate surface area is 547 Å². The van der Waals surface area contributed by atoms with Crippen LogP contribution in [0.1, 0.15) is 199 Å². The first-order valence-electron chi connectivity index (χ1n) is 34.3. The first-order chi connectivity index (χ1) is 43.3. The normalized spacial score (nSPS) is 18.4. The zero-order chi connectivity index (χ0) is 63.1. The first kappa shape index (κ1) is 58.5. The summed E-state index contributed by atoms with van der Waals surface area (Å²) in [4.78, 5) is 8.10. The van der Waals surface area contributed by atoms with Gasteiger partial charge in [0.25, 0.3) is 6.71 Å². The number of thiophene rings is 1. The number of benzene rings is 9. The minimum atomic E-state index is -0.184. The molecule has 16 rings (SSSR count). The molecule has 3 heterocycles. The molecule has 1 saturated carbocycles. The van der Waals surface area contributed by atoms with Gasteiger partial charge in [0.1, 0.15) is 0 Å². The van der Waals surface area contributed by atoms with Gasteiger partial charge in [0, 0.05) is 65.7 Å². The standard InChI is InChI=1S/C86H90BN3S/c1-80(2,3)55-31-33-57(34-32-55)88(72-30-22-20-27-61(72)54-25-17-15-18-26-54)60-37-40-71-73(51-60)89(58-36-39-66-68(50-58)83(9,10)44-43-82(66,7)8)74-47-56(81(4,5)6)48-75-77(74)87(71)79-78(64-52-69-70(53-76(64)91-79)85(13,14)46-45-84(69,11)12)90(75)59-35-38-63-62-28-19-21-29-65(62)86(67(63)49-59)41-23-16-24-42-86/h15,17-22,25-40,47-53H,16,23-24,41-46H2,1-14H3. The number of nitrogens with zero attached hydrogens (tertiary/aromatic N) is 3. The molecule has 2 aliphatic heterocycles. The Morgan fingerprint density at radius 2 is 0.967 bits per heavy atom. The smallest absolute Gasteiger partial charge is 0.264 e. The van der Waals surface area contributed by atoms with Gasteiger partial charge in [-0.1, -0.05) is 219 Å². The molecule has 1 fully saturated rings. The molecular weight excluding hydrogens is 1120 g/mol. The Balaban J connectivity index is 1.02. The summed E-state index contributed by atoms with van der Waals surface area (Å²) < 4.78 is 2.83. The van der Waals surface area contributed by atoms with Crippen LogP contribution >= 0.6 is 11.3 Å². The van der Waals surface area contributed by atoms with E-state index in [0.29, 0.717) is 0 Å². The summed E-state index contributed by atoms with van der Waals surface area (Å²) in [6, 6.07) is 72.5. The first-order valence-corrected chi connectivity index (χ1v) is 35.1. The second-order valence-corrected chi connectivity index (χ2v) is 34.0. The van der Waals surface area contributed by atoms with Gasteiger partial charge in [-0.25, -0.2) is 0 Å². The van der Waals surface area contributed by atoms with E-state index in [0.717, 1.165) is 23.5 Å². The van der Waals surface area contributed by atoms with Crippen LogP contribution in [0, 0.1) is 0 Å². The van der Waals surface area contributed by atoms with Crippen LogP contribution in [-0.4, -0.2) is 6.71 Å². The van der Waals surface area contributed by atoms with Gasteiger partial charge in [-0.3, -0.25) is 0 Å². The maximum absolute atomic E-state index is 2.81. The Morgan fingerprint density at radius 3 is 1.65 bits per heavy atom. The zero-order valence-electron chi connectivity index (χ0n) is 56.5. The van der Waals surface area contributed by atoms with Crippen molar-refractivity contribution >= 4 is 95.0 Å². The predicted octanol–water partition coefficient (Wildman–Crippen LogP) is 22.6. The van der Waals surface area contributed by atoms with Crippen LogP contribution in [0.3, 0.4) is 0 Å². The van der Waals surface area contributed by atoms with Gasteiger partial charge in [0.2, 0.25) is 0 Å². The number of fused-ring (bicyclic) bond motifs is 13. The van der Waals surface area contributed by atoms with E-state index in [1.165, 1.54) is 178 Å². The lowest BCUT2D eigenvalue weighted by Gasteiger charge is -2.46. The highest BCUT2D eigenvalue weighted by Crippen LogP contribution is 2.60. The number of rotatable bonds is 6. The lowest BCUT2D eigenvalue weighted by Crippen LogP contribution is -2.60. The number of hydrogen-bond acceptors (Lipinski definition) is 4. The van der Waals surface area contributed by atoms with E-state index < -0.39 is 0 Å². The van der Waals surface area contributed by atoms with E-state index in [4.69, 9.17) is 0 Å². The molecule has 91 heavy (non-hydrogen) atoms. The van der Waals surface area contributed by atoms with E-state index in [2.05, 4.69) is 305 Å². The quantitative estimate of drug-likeness (QED) is 0.154. The van der Waals surface area contributed by atoms with Crippen molar-refractivity contribution in [3.05, 3.63) is 226 Å². The Morgan fingerprint density at radius 1 is 0.418 bits per heavy atom. The molecule has 5 heteroatoms. The van der Waals surface area contributed by atoms with E-state index in [9.17, 15) is 0 Å². The molecule has 1 aromatic heterocycles. The highest BCUT2D eigenvalue weighted by atomic mass is 32.1. The molecular formula is C86H90BN3S. The summed E-state index contributed by atoms with van der Waals surface area (Å²) in [5.74, 6) is 0. The maximum Gasteiger partial charge on any atom is 0.264 e. The maximum atomic E-state index is 2.81. The van der Waals surface area contributed by atoms with Crippen LogP contribution < -0.4 is 30.4 Å². The molecule has 0 unspecified atom stereocenters. The Bertz CT molecular complexity index is 4610. The van der Waals surface area contributed by atoms with Crippen molar-refractivity contribution in [1.29, 1.82) is 0 Å². The van der Waals surface area contributed by atoms with Crippen LogP contribution in [0.25, 0.3) is 32.3 Å². The van der Waals surface area contributed by atoms with E-state index in [-0.39, 0.29) is 44.6 Å². The van der Waals surface area contributed by atoms with Crippen molar-refractivity contribution in [3.8, 4) is 22.3 Å². The van der Waals surface area contributed by atoms with E-state index in [1.807, 2.05) is 0 Å². The third-order valence-electron chi connectivity index (χ3n) is 23.3. The van der Waals surface area contributed by atoms with Gasteiger partial charge >= 0.3 is 0 Å². The van der Waals surface area contributed by atoms with Gasteiger partial charge in [-0.15, -0.1) is 11.3 Å². The fraction of sp³-hybridized carbons (Fsp3) is 0.349. The van der Waals surface area contributed by atoms with Gasteiger partial charge in [-0.05, 0) is 222 Å². The molecule has 458 valence electrons. The number of anilines is 9. The third kappa shape index (κ3) is 8.99. The van der Waals surface area contributed by atoms with Gasteiger partial charge < -0.3 is 14.7 Å². The lowest BCUT2D eigenvalue weighted by molar-refractivity contribution is 0.332. The Hall–Kier alpha value is -7.60. The average molecular weight is 1210 g/mol. The summed E-state index contributed by atoms with van der Waals surface area (Å²) >= 11 is 2.07. The fourth-order valence-corrected chi connectivity index (χ4v) is 19.0. The molecule has 4 aliphatic carbocycles. The van der Waals surface area contributed by atoms with Crippen LogP contribution in [-0.2, 0) is 37.9 Å². The van der Waals surface area contributed by atoms with Crippen molar-refractivity contribution in [2.75, 3.05) is 14.7 Å². The third-order valence-corrected chi connectivity index (χ3v) is 24.5. The van der Waals surface area contributed by atoms with Gasteiger partial charge in [-0.2, -0.15) is 0 Å². The molecule has 0 atom stereocenters. The summed E-state index contributed by atoms with van der Waals surface area (Å²) in [6.07, 6.45) is 10.9. The van der Waals surface area contributed by atoms with Gasteiger partial charge in [0.05, 0.1) is 11.4 Å². The molecule has 0 bridgehead atoms. The summed E-state index contributed by atoms with van der Waals surface area (Å²) in [5, 5.41) is 1.39. The molecule has 6 aliphatic rings. The predicted molar refractivity (Wildman–Crippen MR) is 393 cm³/mol. The minimum absolute atomic E-state index is 0.00170. The molecule has 0 amide bonds. The topological polar surface area (TPSA) is 9.72 Å². The highest BCUT2D eigenvalue weighted by molar-refractivity contribution is 7.33. The average Bonchev–Trinajstić information content (AvgIpc) is 1.67. The largest absolute Gasteiger partial charge is 0.311 e. The van der Waals surface area contributed by atoms with E-state index >= 15 is 0 Å².